The molecule has 3 heteroatoms. The lowest BCUT2D eigenvalue weighted by Crippen LogP contribution is -2.37. The van der Waals surface area contributed by atoms with E-state index in [-0.39, 0.29) is 0 Å². The van der Waals surface area contributed by atoms with Gasteiger partial charge in [0, 0.05) is 17.0 Å². The Bertz CT molecular complexity index is 638. The molecule has 2 atom stereocenters. The van der Waals surface area contributed by atoms with E-state index in [2.05, 4.69) is 22.4 Å². The van der Waals surface area contributed by atoms with E-state index in [1.54, 1.807) is 0 Å². The minimum atomic E-state index is 0.628. The van der Waals surface area contributed by atoms with Crippen molar-refractivity contribution < 1.29 is 0 Å². The van der Waals surface area contributed by atoms with Gasteiger partial charge in [0.1, 0.15) is 5.15 Å². The van der Waals surface area contributed by atoms with Gasteiger partial charge in [0.05, 0.1) is 11.2 Å². The van der Waals surface area contributed by atoms with Crippen molar-refractivity contribution in [3.05, 3.63) is 35.0 Å². The van der Waals surface area contributed by atoms with E-state index in [0.717, 1.165) is 17.9 Å². The number of rotatable bonds is 0. The maximum Gasteiger partial charge on any atom is 0.135 e. The quantitative estimate of drug-likeness (QED) is 0.719. The van der Waals surface area contributed by atoms with Gasteiger partial charge in [-0.05, 0) is 31.2 Å². The van der Waals surface area contributed by atoms with Crippen LogP contribution in [0.3, 0.4) is 0 Å². The van der Waals surface area contributed by atoms with Gasteiger partial charge in [-0.3, -0.25) is 0 Å². The average Bonchev–Trinajstić information content (AvgIpc) is 2.46. The molecule has 4 rings (SSSR count). The lowest BCUT2D eigenvalue weighted by Gasteiger charge is -2.38. The van der Waals surface area contributed by atoms with Gasteiger partial charge in [-0.2, -0.15) is 0 Å². The van der Waals surface area contributed by atoms with E-state index in [4.69, 9.17) is 11.6 Å². The number of fused-ring (bicyclic) bond motifs is 4. The first-order valence-electron chi connectivity index (χ1n) is 7.16. The van der Waals surface area contributed by atoms with Crippen LogP contribution in [0.5, 0.6) is 0 Å². The minimum Gasteiger partial charge on any atom is -0.381 e. The lowest BCUT2D eigenvalue weighted by molar-refractivity contribution is 0.315. The van der Waals surface area contributed by atoms with Crippen LogP contribution < -0.4 is 5.32 Å². The normalized spacial score (nSPS) is 25.5. The molecule has 98 valence electrons. The third-order valence-electron chi connectivity index (χ3n) is 4.65. The molecular weight excluding hydrogens is 256 g/mol. The van der Waals surface area contributed by atoms with Gasteiger partial charge >= 0.3 is 0 Å². The summed E-state index contributed by atoms with van der Waals surface area (Å²) in [5.74, 6) is 0.738. The zero-order chi connectivity index (χ0) is 12.8. The molecule has 2 nitrogen and oxygen atoms in total. The molecule has 1 aliphatic heterocycles. The van der Waals surface area contributed by atoms with Gasteiger partial charge in [-0.15, -0.1) is 0 Å². The van der Waals surface area contributed by atoms with Gasteiger partial charge in [0.15, 0.2) is 0 Å². The Morgan fingerprint density at radius 3 is 2.95 bits per heavy atom. The van der Waals surface area contributed by atoms with Crippen LogP contribution in [0.4, 0.5) is 5.69 Å². The first-order chi connectivity index (χ1) is 9.33. The number of pyridine rings is 1. The van der Waals surface area contributed by atoms with Gasteiger partial charge in [-0.1, -0.05) is 42.6 Å². The number of halogens is 1. The molecule has 1 aliphatic carbocycles. The summed E-state index contributed by atoms with van der Waals surface area (Å²) in [6, 6.07) is 8.91. The van der Waals surface area contributed by atoms with E-state index < -0.39 is 0 Å². The smallest absolute Gasteiger partial charge is 0.135 e. The van der Waals surface area contributed by atoms with E-state index in [1.165, 1.54) is 42.3 Å². The Morgan fingerprint density at radius 2 is 2.00 bits per heavy atom. The molecule has 0 saturated heterocycles. The van der Waals surface area contributed by atoms with E-state index in [1.807, 2.05) is 12.1 Å². The lowest BCUT2D eigenvalue weighted by atomic mass is 9.78. The zero-order valence-corrected chi connectivity index (χ0v) is 11.6. The average molecular weight is 273 g/mol. The summed E-state index contributed by atoms with van der Waals surface area (Å²) < 4.78 is 0. The summed E-state index contributed by atoms with van der Waals surface area (Å²) in [7, 11) is 0. The highest BCUT2D eigenvalue weighted by molar-refractivity contribution is 6.31. The van der Waals surface area contributed by atoms with Crippen LogP contribution in [-0.4, -0.2) is 11.0 Å². The van der Waals surface area contributed by atoms with Crippen molar-refractivity contribution in [3.8, 4) is 0 Å². The Hall–Kier alpha value is -1.28. The second-order valence-electron chi connectivity index (χ2n) is 5.77. The molecule has 1 saturated carbocycles. The SMILES string of the molecule is Clc1nc2ccccc2c2c1C[C@H]1CCCC[C@H]1N2. The number of benzene rings is 1. The molecule has 2 aliphatic rings. The molecular formula is C16H17ClN2. The van der Waals surface area contributed by atoms with Crippen molar-refractivity contribution in [1.29, 1.82) is 0 Å². The number of hydrogen-bond acceptors (Lipinski definition) is 2. The monoisotopic (exact) mass is 272 g/mol. The molecule has 1 aromatic heterocycles. The fourth-order valence-corrected chi connectivity index (χ4v) is 3.92. The van der Waals surface area contributed by atoms with Gasteiger partial charge in [0.2, 0.25) is 0 Å². The predicted molar refractivity (Wildman–Crippen MR) is 79.8 cm³/mol. The summed E-state index contributed by atoms with van der Waals surface area (Å²) in [4.78, 5) is 4.55. The number of nitrogens with zero attached hydrogens (tertiary/aromatic N) is 1. The molecule has 1 aromatic carbocycles. The molecule has 0 unspecified atom stereocenters. The zero-order valence-electron chi connectivity index (χ0n) is 10.8. The maximum absolute atomic E-state index is 6.40. The van der Waals surface area contributed by atoms with Crippen LogP contribution in [-0.2, 0) is 6.42 Å². The van der Waals surface area contributed by atoms with E-state index in [9.17, 15) is 0 Å². The van der Waals surface area contributed by atoms with Crippen LogP contribution in [0.2, 0.25) is 5.15 Å². The molecule has 2 heterocycles. The van der Waals surface area contributed by atoms with Crippen molar-refractivity contribution in [2.45, 2.75) is 38.1 Å². The summed E-state index contributed by atoms with van der Waals surface area (Å²) in [6.45, 7) is 0. The highest BCUT2D eigenvalue weighted by Gasteiger charge is 2.32. The first kappa shape index (κ1) is 11.5. The molecule has 19 heavy (non-hydrogen) atoms. The Kier molecular flexibility index (Phi) is 2.66. The van der Waals surface area contributed by atoms with Crippen molar-refractivity contribution >= 4 is 28.2 Å². The molecule has 0 radical (unpaired) electrons. The molecule has 1 fully saturated rings. The van der Waals surface area contributed by atoms with Crippen LogP contribution in [0.15, 0.2) is 24.3 Å². The number of para-hydroxylation sites is 1. The van der Waals surface area contributed by atoms with Crippen molar-refractivity contribution in [1.82, 2.24) is 4.98 Å². The molecule has 1 N–H and O–H groups in total. The Labute approximate surface area is 118 Å². The van der Waals surface area contributed by atoms with Crippen LogP contribution >= 0.6 is 11.6 Å². The van der Waals surface area contributed by atoms with E-state index >= 15 is 0 Å². The molecule has 0 amide bonds. The Morgan fingerprint density at radius 1 is 1.16 bits per heavy atom. The Balaban J connectivity index is 1.90. The number of hydrogen-bond donors (Lipinski definition) is 1. The molecule has 2 aromatic rings. The van der Waals surface area contributed by atoms with Crippen molar-refractivity contribution in [3.63, 3.8) is 0 Å². The van der Waals surface area contributed by atoms with Gasteiger partial charge in [-0.25, -0.2) is 4.98 Å². The van der Waals surface area contributed by atoms with Crippen molar-refractivity contribution in [2.75, 3.05) is 5.32 Å². The summed E-state index contributed by atoms with van der Waals surface area (Å²) in [5.41, 5.74) is 3.45. The first-order valence-corrected chi connectivity index (χ1v) is 7.54. The second kappa shape index (κ2) is 4.38. The number of anilines is 1. The third kappa shape index (κ3) is 1.81. The predicted octanol–water partition coefficient (Wildman–Crippen LogP) is 4.42. The molecule has 0 bridgehead atoms. The minimum absolute atomic E-state index is 0.628. The van der Waals surface area contributed by atoms with Crippen molar-refractivity contribution in [2.24, 2.45) is 5.92 Å². The topological polar surface area (TPSA) is 24.9 Å². The van der Waals surface area contributed by atoms with E-state index in [0.29, 0.717) is 11.2 Å². The molecule has 0 spiro atoms. The highest BCUT2D eigenvalue weighted by atomic mass is 35.5. The van der Waals surface area contributed by atoms with Gasteiger partial charge in [0.25, 0.3) is 0 Å². The summed E-state index contributed by atoms with van der Waals surface area (Å²) in [6.07, 6.45) is 6.40. The van der Waals surface area contributed by atoms with Crippen LogP contribution in [0.1, 0.15) is 31.2 Å². The van der Waals surface area contributed by atoms with Crippen LogP contribution in [0.25, 0.3) is 10.9 Å². The number of nitrogens with one attached hydrogen (secondary N) is 1. The third-order valence-corrected chi connectivity index (χ3v) is 4.96. The fourth-order valence-electron chi connectivity index (χ4n) is 3.66. The highest BCUT2D eigenvalue weighted by Crippen LogP contribution is 2.41. The van der Waals surface area contributed by atoms with Crippen LogP contribution in [0, 0.1) is 5.92 Å². The maximum atomic E-state index is 6.40. The van der Waals surface area contributed by atoms with Gasteiger partial charge < -0.3 is 5.32 Å². The second-order valence-corrected chi connectivity index (χ2v) is 6.13. The largest absolute Gasteiger partial charge is 0.381 e. The summed E-state index contributed by atoms with van der Waals surface area (Å²) in [5, 5.41) is 5.66. The summed E-state index contributed by atoms with van der Waals surface area (Å²) >= 11 is 6.40. The number of aromatic nitrogens is 1. The fraction of sp³-hybridized carbons (Fsp3) is 0.438. The standard InChI is InChI=1S/C16H17ClN2/c17-16-12-9-10-5-1-3-7-13(10)18-15(12)11-6-2-4-8-14(11)19-16/h2,4,6,8,10,13,18H,1,3,5,7,9H2/t10-,13-/m1/s1.